The summed E-state index contributed by atoms with van der Waals surface area (Å²) in [6.45, 7) is 0. The number of hydrogen-bond acceptors (Lipinski definition) is 4. The van der Waals surface area contributed by atoms with Crippen molar-refractivity contribution in [3.05, 3.63) is 41.5 Å². The molecular formula is C14H10N2O2. The Morgan fingerprint density at radius 3 is 2.72 bits per heavy atom. The van der Waals surface area contributed by atoms with E-state index in [1.54, 1.807) is 18.2 Å². The van der Waals surface area contributed by atoms with E-state index in [4.69, 9.17) is 11.1 Å². The van der Waals surface area contributed by atoms with E-state index in [0.717, 1.165) is 10.8 Å². The van der Waals surface area contributed by atoms with E-state index in [-0.39, 0.29) is 12.1 Å². The number of nitrogens with two attached hydrogens (primary N) is 1. The zero-order chi connectivity index (χ0) is 12.9. The Bertz CT molecular complexity index is 732. The number of carbonyl (C=O) groups excluding carboxylic acids is 2. The lowest BCUT2D eigenvalue weighted by molar-refractivity contribution is -0.132. The van der Waals surface area contributed by atoms with Crippen LogP contribution in [0.2, 0.25) is 0 Å². The number of anilines is 1. The van der Waals surface area contributed by atoms with Gasteiger partial charge in [0.05, 0.1) is 0 Å². The summed E-state index contributed by atoms with van der Waals surface area (Å²) in [7, 11) is 0. The van der Waals surface area contributed by atoms with Gasteiger partial charge in [-0.2, -0.15) is 0 Å². The van der Waals surface area contributed by atoms with Crippen molar-refractivity contribution in [2.75, 3.05) is 5.73 Å². The van der Waals surface area contributed by atoms with Crippen molar-refractivity contribution < 1.29 is 9.59 Å². The Morgan fingerprint density at radius 2 is 1.94 bits per heavy atom. The molecule has 0 saturated carbocycles. The average Bonchev–Trinajstić information content (AvgIpc) is 2.36. The van der Waals surface area contributed by atoms with E-state index in [9.17, 15) is 9.59 Å². The van der Waals surface area contributed by atoms with E-state index in [0.29, 0.717) is 16.8 Å². The Morgan fingerprint density at radius 1 is 1.17 bits per heavy atom. The summed E-state index contributed by atoms with van der Waals surface area (Å²) in [6.07, 6.45) is 0.0564. The van der Waals surface area contributed by atoms with Crippen molar-refractivity contribution in [2.45, 2.75) is 6.42 Å². The molecule has 3 N–H and O–H groups in total. The minimum Gasteiger partial charge on any atom is -0.398 e. The molecule has 2 aromatic carbocycles. The van der Waals surface area contributed by atoms with Gasteiger partial charge in [0, 0.05) is 23.1 Å². The first kappa shape index (κ1) is 10.7. The van der Waals surface area contributed by atoms with Gasteiger partial charge in [0.25, 0.3) is 0 Å². The van der Waals surface area contributed by atoms with Crippen LogP contribution in [0.25, 0.3) is 10.8 Å². The summed E-state index contributed by atoms with van der Waals surface area (Å²) in [5, 5.41) is 9.46. The lowest BCUT2D eigenvalue weighted by atomic mass is 9.86. The summed E-state index contributed by atoms with van der Waals surface area (Å²) in [4.78, 5) is 23.0. The van der Waals surface area contributed by atoms with Crippen LogP contribution >= 0.6 is 0 Å². The molecule has 18 heavy (non-hydrogen) atoms. The van der Waals surface area contributed by atoms with Crippen molar-refractivity contribution in [3.63, 3.8) is 0 Å². The van der Waals surface area contributed by atoms with Crippen LogP contribution in [0, 0.1) is 5.41 Å². The van der Waals surface area contributed by atoms with Crippen LogP contribution in [0.1, 0.15) is 11.1 Å². The number of rotatable bonds is 0. The number of nitrogen functional groups attached to an aromatic ring is 1. The van der Waals surface area contributed by atoms with Gasteiger partial charge in [-0.15, -0.1) is 0 Å². The van der Waals surface area contributed by atoms with Crippen LogP contribution in [0.15, 0.2) is 30.3 Å². The molecule has 0 amide bonds. The summed E-state index contributed by atoms with van der Waals surface area (Å²) in [6, 6.07) is 9.05. The van der Waals surface area contributed by atoms with Crippen molar-refractivity contribution in [3.8, 4) is 0 Å². The molecule has 0 saturated heterocycles. The molecule has 4 nitrogen and oxygen atoms in total. The SMILES string of the molecule is N=C1C(=O)C(=O)Cc2cc3c(N)cccc3cc21. The van der Waals surface area contributed by atoms with Crippen LogP contribution < -0.4 is 5.73 Å². The number of hydrogen-bond donors (Lipinski definition) is 2. The predicted molar refractivity (Wildman–Crippen MR) is 68.9 cm³/mol. The first-order chi connectivity index (χ1) is 8.58. The molecule has 0 heterocycles. The zero-order valence-electron chi connectivity index (χ0n) is 9.49. The summed E-state index contributed by atoms with van der Waals surface area (Å²) in [5.74, 6) is -1.23. The third-order valence-electron chi connectivity index (χ3n) is 3.24. The smallest absolute Gasteiger partial charge is 0.247 e. The number of fused-ring (bicyclic) bond motifs is 2. The van der Waals surface area contributed by atoms with Gasteiger partial charge in [-0.05, 0) is 29.1 Å². The molecule has 0 unspecified atom stereocenters. The maximum absolute atomic E-state index is 11.5. The first-order valence-electron chi connectivity index (χ1n) is 5.55. The van der Waals surface area contributed by atoms with Gasteiger partial charge in [0.2, 0.25) is 11.6 Å². The molecule has 0 fully saturated rings. The fourth-order valence-corrected chi connectivity index (χ4v) is 2.29. The Labute approximate surface area is 103 Å². The molecule has 4 heteroatoms. The van der Waals surface area contributed by atoms with Crippen molar-refractivity contribution in [1.29, 1.82) is 5.41 Å². The molecule has 3 rings (SSSR count). The minimum atomic E-state index is -0.703. The normalized spacial score (nSPS) is 15.0. The molecule has 2 aromatic rings. The van der Waals surface area contributed by atoms with Crippen LogP contribution in [0.5, 0.6) is 0 Å². The van der Waals surface area contributed by atoms with Crippen molar-refractivity contribution >= 4 is 33.7 Å². The molecule has 0 bridgehead atoms. The Balaban J connectivity index is 2.35. The van der Waals surface area contributed by atoms with Gasteiger partial charge in [-0.3, -0.25) is 15.0 Å². The maximum atomic E-state index is 11.5. The minimum absolute atomic E-state index is 0.0564. The number of benzene rings is 2. The highest BCUT2D eigenvalue weighted by Gasteiger charge is 2.29. The van der Waals surface area contributed by atoms with Gasteiger partial charge in [0.1, 0.15) is 5.71 Å². The number of Topliss-reactive ketones (excluding diaryl/α,β-unsaturated/α-hetero) is 2. The highest BCUT2D eigenvalue weighted by atomic mass is 16.2. The molecule has 0 spiro atoms. The summed E-state index contributed by atoms with van der Waals surface area (Å²) >= 11 is 0. The standard InChI is InChI=1S/C14H10N2O2/c15-11-3-1-2-7-4-10-8(5-9(7)11)6-12(17)14(18)13(10)16/h1-5,16H,6,15H2. The molecule has 0 aliphatic heterocycles. The Hall–Kier alpha value is -2.49. The van der Waals surface area contributed by atoms with Crippen LogP contribution in [0.3, 0.4) is 0 Å². The van der Waals surface area contributed by atoms with E-state index < -0.39 is 11.6 Å². The lowest BCUT2D eigenvalue weighted by Gasteiger charge is -2.16. The molecule has 0 atom stereocenters. The number of nitrogens with one attached hydrogen (secondary N) is 1. The molecule has 0 aromatic heterocycles. The highest BCUT2D eigenvalue weighted by molar-refractivity contribution is 6.69. The second kappa shape index (κ2) is 3.50. The largest absolute Gasteiger partial charge is 0.398 e. The molecule has 1 aliphatic carbocycles. The fraction of sp³-hybridized carbons (Fsp3) is 0.0714. The third-order valence-corrected chi connectivity index (χ3v) is 3.24. The topological polar surface area (TPSA) is 84.0 Å². The monoisotopic (exact) mass is 238 g/mol. The van der Waals surface area contributed by atoms with Gasteiger partial charge in [-0.25, -0.2) is 0 Å². The number of carbonyl (C=O) groups is 2. The quantitative estimate of drug-likeness (QED) is 0.538. The van der Waals surface area contributed by atoms with Crippen LogP contribution in [-0.4, -0.2) is 17.3 Å². The second-order valence-corrected chi connectivity index (χ2v) is 4.38. The predicted octanol–water partition coefficient (Wildman–Crippen LogP) is 1.48. The molecule has 0 radical (unpaired) electrons. The van der Waals surface area contributed by atoms with Gasteiger partial charge < -0.3 is 5.73 Å². The zero-order valence-corrected chi connectivity index (χ0v) is 9.49. The summed E-state index contributed by atoms with van der Waals surface area (Å²) < 4.78 is 0. The Kier molecular flexibility index (Phi) is 2.07. The molecule has 88 valence electrons. The second-order valence-electron chi connectivity index (χ2n) is 4.38. The maximum Gasteiger partial charge on any atom is 0.247 e. The molecule has 1 aliphatic rings. The van der Waals surface area contributed by atoms with E-state index in [1.807, 2.05) is 12.1 Å². The lowest BCUT2D eigenvalue weighted by Crippen LogP contribution is -2.31. The van der Waals surface area contributed by atoms with Crippen molar-refractivity contribution in [1.82, 2.24) is 0 Å². The van der Waals surface area contributed by atoms with Crippen LogP contribution in [-0.2, 0) is 16.0 Å². The average molecular weight is 238 g/mol. The van der Waals surface area contributed by atoms with E-state index in [2.05, 4.69) is 0 Å². The van der Waals surface area contributed by atoms with Gasteiger partial charge in [0.15, 0.2) is 0 Å². The fourth-order valence-electron chi connectivity index (χ4n) is 2.29. The first-order valence-corrected chi connectivity index (χ1v) is 5.55. The molecular weight excluding hydrogens is 228 g/mol. The summed E-state index contributed by atoms with van der Waals surface area (Å²) in [5.41, 5.74) is 7.54. The van der Waals surface area contributed by atoms with Gasteiger partial charge in [-0.1, -0.05) is 12.1 Å². The third kappa shape index (κ3) is 1.35. The van der Waals surface area contributed by atoms with E-state index in [1.165, 1.54) is 0 Å². The van der Waals surface area contributed by atoms with Gasteiger partial charge >= 0.3 is 0 Å². The highest BCUT2D eigenvalue weighted by Crippen LogP contribution is 2.27. The van der Waals surface area contributed by atoms with E-state index >= 15 is 0 Å². The van der Waals surface area contributed by atoms with Crippen LogP contribution in [0.4, 0.5) is 5.69 Å². The number of ketones is 2. The van der Waals surface area contributed by atoms with Crippen molar-refractivity contribution in [2.24, 2.45) is 0 Å².